The van der Waals surface area contributed by atoms with Crippen LogP contribution in [-0.4, -0.2) is 40.6 Å². The van der Waals surface area contributed by atoms with Crippen LogP contribution in [0.1, 0.15) is 23.0 Å². The first-order chi connectivity index (χ1) is 7.43. The Morgan fingerprint density at radius 3 is 2.69 bits per heavy atom. The molecule has 1 unspecified atom stereocenters. The van der Waals surface area contributed by atoms with Gasteiger partial charge in [0.05, 0.1) is 11.6 Å². The number of nitrogens with zero attached hydrogens (tertiary/aromatic N) is 2. The average Bonchev–Trinajstić information content (AvgIpc) is 2.62. The summed E-state index contributed by atoms with van der Waals surface area (Å²) in [5.41, 5.74) is 0.861. The van der Waals surface area contributed by atoms with Gasteiger partial charge >= 0.3 is 5.97 Å². The maximum Gasteiger partial charge on any atom is 0.308 e. The summed E-state index contributed by atoms with van der Waals surface area (Å²) in [5, 5.41) is 12.3. The van der Waals surface area contributed by atoms with Crippen molar-refractivity contribution in [2.75, 3.05) is 13.6 Å². The molecule has 0 saturated carbocycles. The van der Waals surface area contributed by atoms with Gasteiger partial charge in [-0.2, -0.15) is 0 Å². The van der Waals surface area contributed by atoms with Gasteiger partial charge in [-0.3, -0.25) is 9.59 Å². The molecule has 0 aromatic carbocycles. The largest absolute Gasteiger partial charge is 0.481 e. The Labute approximate surface area is 92.8 Å². The molecule has 1 amide bonds. The molecule has 0 fully saturated rings. The lowest BCUT2D eigenvalue weighted by molar-refractivity contribution is -0.141. The van der Waals surface area contributed by atoms with E-state index in [0.29, 0.717) is 11.3 Å². The van der Waals surface area contributed by atoms with E-state index in [1.807, 2.05) is 0 Å². The van der Waals surface area contributed by atoms with Crippen molar-refractivity contribution in [3.05, 3.63) is 17.5 Å². The fraction of sp³-hybridized carbons (Fsp3) is 0.500. The monoisotopic (exact) mass is 226 g/mol. The molecule has 1 aromatic heterocycles. The van der Waals surface area contributed by atoms with Crippen LogP contribution in [0.4, 0.5) is 0 Å². The Hall–Kier alpha value is -1.85. The van der Waals surface area contributed by atoms with E-state index >= 15 is 0 Å². The van der Waals surface area contributed by atoms with Gasteiger partial charge in [0.25, 0.3) is 5.91 Å². The highest BCUT2D eigenvalue weighted by atomic mass is 16.5. The summed E-state index contributed by atoms with van der Waals surface area (Å²) in [6.45, 7) is 3.36. The normalized spacial score (nSPS) is 12.2. The van der Waals surface area contributed by atoms with E-state index < -0.39 is 11.9 Å². The number of carboxylic acids is 1. The molecule has 0 spiro atoms. The highest BCUT2D eigenvalue weighted by molar-refractivity contribution is 5.94. The van der Waals surface area contributed by atoms with Gasteiger partial charge in [0.2, 0.25) is 0 Å². The van der Waals surface area contributed by atoms with E-state index in [2.05, 4.69) is 9.68 Å². The molecular weight excluding hydrogens is 212 g/mol. The summed E-state index contributed by atoms with van der Waals surface area (Å²) in [5.74, 6) is -1.82. The van der Waals surface area contributed by atoms with E-state index in [4.69, 9.17) is 5.11 Å². The molecule has 6 nitrogen and oxygen atoms in total. The Morgan fingerprint density at radius 2 is 2.25 bits per heavy atom. The molecule has 1 heterocycles. The lowest BCUT2D eigenvalue weighted by atomic mass is 10.1. The van der Waals surface area contributed by atoms with Crippen LogP contribution >= 0.6 is 0 Å². The Morgan fingerprint density at radius 1 is 1.62 bits per heavy atom. The smallest absolute Gasteiger partial charge is 0.308 e. The summed E-state index contributed by atoms with van der Waals surface area (Å²) >= 11 is 0. The first kappa shape index (κ1) is 12.2. The van der Waals surface area contributed by atoms with Gasteiger partial charge < -0.3 is 14.5 Å². The number of aromatic nitrogens is 1. The third-order valence-corrected chi connectivity index (χ3v) is 2.30. The standard InChI is InChI=1S/C10H14N2O4/c1-6(10(14)15)4-12(3)9(13)8-5-16-11-7(8)2/h5-6H,4H2,1-3H3,(H,14,15). The second kappa shape index (κ2) is 4.78. The summed E-state index contributed by atoms with van der Waals surface area (Å²) in [6.07, 6.45) is 1.26. The zero-order valence-corrected chi connectivity index (χ0v) is 9.43. The van der Waals surface area contributed by atoms with Crippen LogP contribution in [0.3, 0.4) is 0 Å². The number of amides is 1. The van der Waals surface area contributed by atoms with Crippen molar-refractivity contribution in [3.63, 3.8) is 0 Å². The van der Waals surface area contributed by atoms with Crippen molar-refractivity contribution in [2.45, 2.75) is 13.8 Å². The van der Waals surface area contributed by atoms with Crippen molar-refractivity contribution in [1.29, 1.82) is 0 Å². The number of hydrogen-bond donors (Lipinski definition) is 1. The van der Waals surface area contributed by atoms with Gasteiger partial charge in [0, 0.05) is 13.6 Å². The average molecular weight is 226 g/mol. The molecule has 0 aliphatic heterocycles. The van der Waals surface area contributed by atoms with Crippen molar-refractivity contribution >= 4 is 11.9 Å². The van der Waals surface area contributed by atoms with Gasteiger partial charge in [-0.25, -0.2) is 0 Å². The highest BCUT2D eigenvalue weighted by Crippen LogP contribution is 2.09. The topological polar surface area (TPSA) is 83.6 Å². The fourth-order valence-electron chi connectivity index (χ4n) is 1.28. The highest BCUT2D eigenvalue weighted by Gasteiger charge is 2.21. The van der Waals surface area contributed by atoms with Gasteiger partial charge in [0.1, 0.15) is 11.8 Å². The summed E-state index contributed by atoms with van der Waals surface area (Å²) < 4.78 is 4.66. The zero-order valence-electron chi connectivity index (χ0n) is 9.43. The molecule has 1 aromatic rings. The van der Waals surface area contributed by atoms with Gasteiger partial charge in [-0.15, -0.1) is 0 Å². The molecule has 1 N–H and O–H groups in total. The molecule has 6 heteroatoms. The van der Waals surface area contributed by atoms with E-state index in [9.17, 15) is 9.59 Å². The summed E-state index contributed by atoms with van der Waals surface area (Å²) in [6, 6.07) is 0. The molecule has 1 atom stereocenters. The number of hydrogen-bond acceptors (Lipinski definition) is 4. The summed E-state index contributed by atoms with van der Waals surface area (Å²) in [7, 11) is 1.55. The third-order valence-electron chi connectivity index (χ3n) is 2.30. The minimum absolute atomic E-state index is 0.152. The lowest BCUT2D eigenvalue weighted by Crippen LogP contribution is -2.33. The minimum atomic E-state index is -0.929. The third kappa shape index (κ3) is 2.59. The number of rotatable bonds is 4. The van der Waals surface area contributed by atoms with Crippen LogP contribution in [-0.2, 0) is 4.79 Å². The van der Waals surface area contributed by atoms with Crippen LogP contribution in [0.25, 0.3) is 0 Å². The minimum Gasteiger partial charge on any atom is -0.481 e. The Bertz CT molecular complexity index is 399. The van der Waals surface area contributed by atoms with Crippen LogP contribution in [0.5, 0.6) is 0 Å². The molecule has 16 heavy (non-hydrogen) atoms. The molecule has 0 saturated heterocycles. The van der Waals surface area contributed by atoms with Crippen LogP contribution in [0.15, 0.2) is 10.8 Å². The van der Waals surface area contributed by atoms with E-state index in [1.54, 1.807) is 20.9 Å². The molecule has 88 valence electrons. The predicted molar refractivity (Wildman–Crippen MR) is 55.0 cm³/mol. The van der Waals surface area contributed by atoms with Crippen molar-refractivity contribution in [3.8, 4) is 0 Å². The quantitative estimate of drug-likeness (QED) is 0.820. The van der Waals surface area contributed by atoms with Crippen LogP contribution < -0.4 is 0 Å². The molecule has 0 bridgehead atoms. The number of carbonyl (C=O) groups excluding carboxylic acids is 1. The van der Waals surface area contributed by atoms with Gasteiger partial charge in [0.15, 0.2) is 0 Å². The van der Waals surface area contributed by atoms with Crippen molar-refractivity contribution in [2.24, 2.45) is 5.92 Å². The van der Waals surface area contributed by atoms with Crippen molar-refractivity contribution in [1.82, 2.24) is 10.1 Å². The Kier molecular flexibility index (Phi) is 3.65. The summed E-state index contributed by atoms with van der Waals surface area (Å²) in [4.78, 5) is 23.8. The van der Waals surface area contributed by atoms with E-state index in [0.717, 1.165) is 0 Å². The zero-order chi connectivity index (χ0) is 12.3. The van der Waals surface area contributed by atoms with E-state index in [-0.39, 0.29) is 12.5 Å². The van der Waals surface area contributed by atoms with Gasteiger partial charge in [-0.1, -0.05) is 12.1 Å². The van der Waals surface area contributed by atoms with E-state index in [1.165, 1.54) is 11.2 Å². The number of carboxylic acid groups (broad SMARTS) is 1. The van der Waals surface area contributed by atoms with Crippen molar-refractivity contribution < 1.29 is 19.2 Å². The molecule has 1 rings (SSSR count). The number of aryl methyl sites for hydroxylation is 1. The molecule has 0 aliphatic carbocycles. The first-order valence-corrected chi connectivity index (χ1v) is 4.82. The first-order valence-electron chi connectivity index (χ1n) is 4.82. The molecule has 0 radical (unpaired) electrons. The number of carbonyl (C=O) groups is 2. The molecular formula is C10H14N2O4. The lowest BCUT2D eigenvalue weighted by Gasteiger charge is -2.18. The maximum atomic E-state index is 11.8. The SMILES string of the molecule is Cc1nocc1C(=O)N(C)CC(C)C(=O)O. The maximum absolute atomic E-state index is 11.8. The van der Waals surface area contributed by atoms with Crippen LogP contribution in [0, 0.1) is 12.8 Å². The second-order valence-corrected chi connectivity index (χ2v) is 3.74. The predicted octanol–water partition coefficient (Wildman–Crippen LogP) is 0.776. The fourth-order valence-corrected chi connectivity index (χ4v) is 1.28. The van der Waals surface area contributed by atoms with Crippen LogP contribution in [0.2, 0.25) is 0 Å². The number of aliphatic carboxylic acids is 1. The van der Waals surface area contributed by atoms with Gasteiger partial charge in [-0.05, 0) is 6.92 Å². The Balaban J connectivity index is 2.69. The molecule has 0 aliphatic rings. The second-order valence-electron chi connectivity index (χ2n) is 3.74.